The van der Waals surface area contributed by atoms with E-state index in [-0.39, 0.29) is 11.5 Å². The smallest absolute Gasteiger partial charge is 0.0632 e. The van der Waals surface area contributed by atoms with Gasteiger partial charge in [0.25, 0.3) is 0 Å². The van der Waals surface area contributed by atoms with E-state index in [2.05, 4.69) is 96.6 Å². The Morgan fingerprint density at radius 3 is 2.75 bits per heavy atom. The molecule has 1 aliphatic heterocycles. The number of anilines is 1. The Hall–Kier alpha value is -3.39. The molecule has 4 aliphatic rings. The zero-order chi connectivity index (χ0) is 21.4. The van der Waals surface area contributed by atoms with Crippen LogP contribution in [0.1, 0.15) is 54.0 Å². The molecule has 2 heterocycles. The molecular weight excluding hydrogens is 388 g/mol. The van der Waals surface area contributed by atoms with Crippen molar-refractivity contribution in [1.29, 1.82) is 0 Å². The average Bonchev–Trinajstić information content (AvgIpc) is 3.06. The Kier molecular flexibility index (Phi) is 3.60. The molecule has 0 saturated carbocycles. The van der Waals surface area contributed by atoms with Crippen molar-refractivity contribution in [2.45, 2.75) is 44.1 Å². The molecule has 2 unspecified atom stereocenters. The standard InChI is InChI=1S/C30H26N2/c1-30(2)25-13-4-3-11-21(25)23-16-24-22-12-5-8-19-9-6-14-27(29(19)22)32(28(24)17-26(23)30)20-10-7-15-31-18-20/h3-5,7-8,10-18,24,28H,6,9H2,1-2H3. The van der Waals surface area contributed by atoms with Crippen LogP contribution < -0.4 is 4.90 Å². The van der Waals surface area contributed by atoms with E-state index in [9.17, 15) is 0 Å². The van der Waals surface area contributed by atoms with E-state index in [1.165, 1.54) is 50.3 Å². The van der Waals surface area contributed by atoms with Crippen LogP contribution in [0.4, 0.5) is 5.69 Å². The zero-order valence-electron chi connectivity index (χ0n) is 18.5. The van der Waals surface area contributed by atoms with Crippen molar-refractivity contribution in [3.63, 3.8) is 0 Å². The third-order valence-electron chi connectivity index (χ3n) is 7.94. The normalized spacial score (nSPS) is 23.8. The molecule has 2 atom stereocenters. The molecule has 0 amide bonds. The highest BCUT2D eigenvalue weighted by Gasteiger charge is 2.46. The van der Waals surface area contributed by atoms with Crippen LogP contribution in [-0.2, 0) is 11.8 Å². The minimum Gasteiger partial charge on any atom is -0.332 e. The summed E-state index contributed by atoms with van der Waals surface area (Å²) in [5.74, 6) is 0.320. The van der Waals surface area contributed by atoms with Gasteiger partial charge in [0.15, 0.2) is 0 Å². The quantitative estimate of drug-likeness (QED) is 0.443. The van der Waals surface area contributed by atoms with Crippen LogP contribution in [0.3, 0.4) is 0 Å². The first kappa shape index (κ1) is 18.2. The van der Waals surface area contributed by atoms with Crippen molar-refractivity contribution in [3.8, 4) is 0 Å². The molecule has 0 spiro atoms. The Morgan fingerprint density at radius 2 is 1.88 bits per heavy atom. The molecule has 2 aromatic carbocycles. The first-order valence-electron chi connectivity index (χ1n) is 11.7. The minimum absolute atomic E-state index is 0.0110. The predicted molar refractivity (Wildman–Crippen MR) is 132 cm³/mol. The van der Waals surface area contributed by atoms with Gasteiger partial charge in [-0.1, -0.05) is 74.5 Å². The van der Waals surface area contributed by atoms with Crippen molar-refractivity contribution < 1.29 is 0 Å². The second kappa shape index (κ2) is 6.32. The molecule has 2 heteroatoms. The summed E-state index contributed by atoms with van der Waals surface area (Å²) in [6.07, 6.45) is 13.7. The monoisotopic (exact) mass is 414 g/mol. The lowest BCUT2D eigenvalue weighted by atomic mass is 9.71. The van der Waals surface area contributed by atoms with E-state index in [0.29, 0.717) is 5.92 Å². The molecule has 32 heavy (non-hydrogen) atoms. The summed E-state index contributed by atoms with van der Waals surface area (Å²) in [5.41, 5.74) is 12.7. The number of benzene rings is 2. The van der Waals surface area contributed by atoms with Crippen LogP contribution in [0.2, 0.25) is 0 Å². The number of allylic oxidation sites excluding steroid dienone is 3. The zero-order valence-corrected chi connectivity index (χ0v) is 18.5. The molecule has 7 rings (SSSR count). The van der Waals surface area contributed by atoms with Gasteiger partial charge < -0.3 is 4.90 Å². The molecule has 2 nitrogen and oxygen atoms in total. The lowest BCUT2D eigenvalue weighted by molar-refractivity contribution is 0.618. The number of aryl methyl sites for hydroxylation is 1. The van der Waals surface area contributed by atoms with Crippen molar-refractivity contribution in [3.05, 3.63) is 119 Å². The SMILES string of the molecule is CC1(C)C2=CC3C(C=C2c2ccccc21)c1cccc2c1C(=CCC2)N3c1cccnc1. The third kappa shape index (κ3) is 2.27. The fourth-order valence-corrected chi connectivity index (χ4v) is 6.50. The van der Waals surface area contributed by atoms with Gasteiger partial charge >= 0.3 is 0 Å². The fraction of sp³-hybridized carbons (Fsp3) is 0.233. The maximum Gasteiger partial charge on any atom is 0.0632 e. The number of hydrogen-bond acceptors (Lipinski definition) is 2. The fourth-order valence-electron chi connectivity index (χ4n) is 6.50. The summed E-state index contributed by atoms with van der Waals surface area (Å²) in [6, 6.07) is 20.4. The Morgan fingerprint density at radius 1 is 0.969 bits per heavy atom. The van der Waals surface area contributed by atoms with Crippen LogP contribution >= 0.6 is 0 Å². The predicted octanol–water partition coefficient (Wildman–Crippen LogP) is 6.66. The molecule has 156 valence electrons. The van der Waals surface area contributed by atoms with Gasteiger partial charge in [0.1, 0.15) is 0 Å². The minimum atomic E-state index is 0.0110. The maximum atomic E-state index is 4.49. The molecule has 0 bridgehead atoms. The maximum absolute atomic E-state index is 4.49. The summed E-state index contributed by atoms with van der Waals surface area (Å²) in [7, 11) is 0. The van der Waals surface area contributed by atoms with Crippen molar-refractivity contribution >= 4 is 17.0 Å². The lowest BCUT2D eigenvalue weighted by Crippen LogP contribution is -2.43. The topological polar surface area (TPSA) is 16.1 Å². The van der Waals surface area contributed by atoms with Gasteiger partial charge in [0, 0.05) is 28.8 Å². The summed E-state index contributed by atoms with van der Waals surface area (Å²) < 4.78 is 0. The van der Waals surface area contributed by atoms with E-state index in [0.717, 1.165) is 12.8 Å². The van der Waals surface area contributed by atoms with E-state index < -0.39 is 0 Å². The second-order valence-corrected chi connectivity index (χ2v) is 9.94. The Balaban J connectivity index is 1.52. The van der Waals surface area contributed by atoms with Crippen LogP contribution in [0.5, 0.6) is 0 Å². The first-order chi connectivity index (χ1) is 15.6. The summed E-state index contributed by atoms with van der Waals surface area (Å²) in [6.45, 7) is 4.75. The van der Waals surface area contributed by atoms with Gasteiger partial charge in [-0.15, -0.1) is 0 Å². The number of nitrogens with zero attached hydrogens (tertiary/aromatic N) is 2. The molecule has 1 aromatic heterocycles. The molecule has 0 N–H and O–H groups in total. The molecule has 3 aromatic rings. The van der Waals surface area contributed by atoms with Crippen molar-refractivity contribution in [1.82, 2.24) is 4.98 Å². The molecule has 0 radical (unpaired) electrons. The van der Waals surface area contributed by atoms with Gasteiger partial charge in [-0.05, 0) is 58.4 Å². The van der Waals surface area contributed by atoms with Crippen molar-refractivity contribution in [2.75, 3.05) is 4.90 Å². The number of pyridine rings is 1. The molecule has 0 fully saturated rings. The van der Waals surface area contributed by atoms with Crippen LogP contribution in [0.25, 0.3) is 11.3 Å². The highest BCUT2D eigenvalue weighted by Crippen LogP contribution is 2.56. The van der Waals surface area contributed by atoms with E-state index in [1.54, 1.807) is 0 Å². The van der Waals surface area contributed by atoms with Gasteiger partial charge in [-0.25, -0.2) is 0 Å². The molecule has 3 aliphatic carbocycles. The summed E-state index contributed by atoms with van der Waals surface area (Å²) in [4.78, 5) is 7.04. The van der Waals surface area contributed by atoms with Crippen LogP contribution in [0, 0.1) is 0 Å². The van der Waals surface area contributed by atoms with Gasteiger partial charge in [0.05, 0.1) is 17.9 Å². The number of rotatable bonds is 1. The number of hydrogen-bond donors (Lipinski definition) is 0. The van der Waals surface area contributed by atoms with Gasteiger partial charge in [0.2, 0.25) is 0 Å². The second-order valence-electron chi connectivity index (χ2n) is 9.94. The van der Waals surface area contributed by atoms with Gasteiger partial charge in [-0.2, -0.15) is 0 Å². The Labute approximate surface area is 189 Å². The summed E-state index contributed by atoms with van der Waals surface area (Å²) >= 11 is 0. The van der Waals surface area contributed by atoms with E-state index in [1.807, 2.05) is 12.4 Å². The van der Waals surface area contributed by atoms with Crippen LogP contribution in [-0.4, -0.2) is 11.0 Å². The van der Waals surface area contributed by atoms with E-state index >= 15 is 0 Å². The van der Waals surface area contributed by atoms with E-state index in [4.69, 9.17) is 0 Å². The van der Waals surface area contributed by atoms with Crippen LogP contribution in [0.15, 0.2) is 90.8 Å². The first-order valence-corrected chi connectivity index (χ1v) is 11.7. The molecular formula is C30H26N2. The third-order valence-corrected chi connectivity index (χ3v) is 7.94. The molecule has 0 saturated heterocycles. The largest absolute Gasteiger partial charge is 0.332 e. The van der Waals surface area contributed by atoms with Gasteiger partial charge in [-0.3, -0.25) is 4.98 Å². The summed E-state index contributed by atoms with van der Waals surface area (Å²) in [5, 5.41) is 0. The Bertz CT molecular complexity index is 1360. The van der Waals surface area contributed by atoms with Crippen molar-refractivity contribution in [2.24, 2.45) is 0 Å². The number of aromatic nitrogens is 1. The highest BCUT2D eigenvalue weighted by atomic mass is 15.2. The average molecular weight is 415 g/mol. The number of fused-ring (bicyclic) bond motifs is 5. The lowest BCUT2D eigenvalue weighted by Gasteiger charge is -2.47. The highest BCUT2D eigenvalue weighted by molar-refractivity contribution is 5.94.